The summed E-state index contributed by atoms with van der Waals surface area (Å²) in [4.78, 5) is 11.4. The minimum atomic E-state index is 0.483. The van der Waals surface area contributed by atoms with E-state index in [9.17, 15) is 0 Å². The molecule has 0 bridgehead atoms. The lowest BCUT2D eigenvalue weighted by Crippen LogP contribution is -2.29. The van der Waals surface area contributed by atoms with Crippen molar-refractivity contribution in [3.63, 3.8) is 0 Å². The van der Waals surface area contributed by atoms with Crippen molar-refractivity contribution in [2.24, 2.45) is 0 Å². The van der Waals surface area contributed by atoms with Crippen molar-refractivity contribution >= 4 is 40.7 Å². The van der Waals surface area contributed by atoms with E-state index in [2.05, 4.69) is 49.8 Å². The molecule has 4 rings (SSSR count). The number of benzene rings is 2. The highest BCUT2D eigenvalue weighted by Gasteiger charge is 2.20. The fourth-order valence-corrected chi connectivity index (χ4v) is 3.48. The Morgan fingerprint density at radius 1 is 1.07 bits per heavy atom. The van der Waals surface area contributed by atoms with Crippen LogP contribution in [0.15, 0.2) is 54.6 Å². The number of nitrogens with one attached hydrogen (secondary N) is 2. The Morgan fingerprint density at radius 2 is 1.75 bits per heavy atom. The predicted octanol–water partition coefficient (Wildman–Crippen LogP) is 4.45. The van der Waals surface area contributed by atoms with Crippen LogP contribution in [0.3, 0.4) is 0 Å². The van der Waals surface area contributed by atoms with Crippen LogP contribution in [-0.4, -0.2) is 15.1 Å². The van der Waals surface area contributed by atoms with Gasteiger partial charge in [0.25, 0.3) is 0 Å². The molecule has 0 saturated heterocycles. The lowest BCUT2D eigenvalue weighted by Gasteiger charge is -2.18. The van der Waals surface area contributed by atoms with Crippen molar-refractivity contribution in [3.05, 3.63) is 82.0 Å². The summed E-state index contributed by atoms with van der Waals surface area (Å²) in [6, 6.07) is 18.1. The van der Waals surface area contributed by atoms with E-state index in [1.165, 1.54) is 11.1 Å². The van der Waals surface area contributed by atoms with Gasteiger partial charge in [0, 0.05) is 36.4 Å². The Hall–Kier alpha value is -2.70. The van der Waals surface area contributed by atoms with E-state index < -0.39 is 0 Å². The third-order valence-corrected chi connectivity index (χ3v) is 5.10. The molecule has 28 heavy (non-hydrogen) atoms. The normalized spacial score (nSPS) is 12.6. The highest BCUT2D eigenvalue weighted by atomic mass is 35.5. The Morgan fingerprint density at radius 3 is 2.43 bits per heavy atom. The number of halogens is 1. The van der Waals surface area contributed by atoms with Gasteiger partial charge in [-0.05, 0) is 48.0 Å². The van der Waals surface area contributed by atoms with Crippen LogP contribution in [0.2, 0.25) is 5.02 Å². The molecule has 2 N–H and O–H groups in total. The maximum atomic E-state index is 5.92. The first kappa shape index (κ1) is 18.7. The number of thiocarbonyl (C=S) groups is 1. The van der Waals surface area contributed by atoms with Gasteiger partial charge in [-0.15, -0.1) is 0 Å². The molecule has 0 atom stereocenters. The van der Waals surface area contributed by atoms with Gasteiger partial charge in [-0.3, -0.25) is 0 Å². The van der Waals surface area contributed by atoms with Crippen LogP contribution in [0.1, 0.15) is 22.4 Å². The molecule has 0 amide bonds. The molecular weight excluding hydrogens is 390 g/mol. The van der Waals surface area contributed by atoms with Gasteiger partial charge in [0.1, 0.15) is 5.82 Å². The van der Waals surface area contributed by atoms with Crippen LogP contribution >= 0.6 is 23.8 Å². The Kier molecular flexibility index (Phi) is 5.41. The molecule has 0 unspecified atom stereocenters. The van der Waals surface area contributed by atoms with Gasteiger partial charge in [-0.2, -0.15) is 4.98 Å². The molecule has 0 spiro atoms. The lowest BCUT2D eigenvalue weighted by atomic mass is 10.1. The number of fused-ring (bicyclic) bond motifs is 1. The first-order chi connectivity index (χ1) is 13.6. The Balaban J connectivity index is 1.41. The third kappa shape index (κ3) is 4.40. The molecule has 7 heteroatoms. The zero-order valence-electron chi connectivity index (χ0n) is 15.4. The molecule has 5 nitrogen and oxygen atoms in total. The van der Waals surface area contributed by atoms with Gasteiger partial charge in [0.15, 0.2) is 5.11 Å². The van der Waals surface area contributed by atoms with Crippen molar-refractivity contribution in [1.29, 1.82) is 0 Å². The molecule has 142 valence electrons. The number of hydrogen-bond acceptors (Lipinski definition) is 4. The van der Waals surface area contributed by atoms with Gasteiger partial charge >= 0.3 is 0 Å². The molecule has 0 fully saturated rings. The number of anilines is 2. The van der Waals surface area contributed by atoms with E-state index in [0.717, 1.165) is 30.2 Å². The number of nitrogens with zero attached hydrogens (tertiary/aromatic N) is 3. The largest absolute Gasteiger partial charge is 0.358 e. The molecule has 3 aromatic rings. The summed E-state index contributed by atoms with van der Waals surface area (Å²) in [5.74, 6) is 1.39. The molecule has 1 aliphatic heterocycles. The van der Waals surface area contributed by atoms with E-state index in [-0.39, 0.29) is 0 Å². The highest BCUT2D eigenvalue weighted by molar-refractivity contribution is 7.80. The average molecular weight is 410 g/mol. The summed E-state index contributed by atoms with van der Waals surface area (Å²) in [6.45, 7) is 4.27. The number of aromatic nitrogens is 2. The van der Waals surface area contributed by atoms with Crippen molar-refractivity contribution in [2.75, 3.05) is 10.2 Å². The monoisotopic (exact) mass is 409 g/mol. The molecule has 1 aliphatic rings. The standard InChI is InChI=1S/C21H20ClN5S/c1-14-10-19(27-12-16-4-2-3-5-17(16)13-27)25-20(24-14)26-21(28)23-11-15-6-8-18(22)9-7-15/h2-10H,11-13H2,1H3,(H2,23,24,25,26,28). The van der Waals surface area contributed by atoms with E-state index >= 15 is 0 Å². The number of hydrogen-bond donors (Lipinski definition) is 2. The second kappa shape index (κ2) is 8.12. The fourth-order valence-electron chi connectivity index (χ4n) is 3.20. The van der Waals surface area contributed by atoms with Crippen LogP contribution in [-0.2, 0) is 19.6 Å². The van der Waals surface area contributed by atoms with E-state index in [4.69, 9.17) is 23.8 Å². The summed E-state index contributed by atoms with van der Waals surface area (Å²) in [6.07, 6.45) is 0. The maximum Gasteiger partial charge on any atom is 0.231 e. The molecular formula is C21H20ClN5S. The van der Waals surface area contributed by atoms with Crippen molar-refractivity contribution in [2.45, 2.75) is 26.6 Å². The fraction of sp³-hybridized carbons (Fsp3) is 0.190. The van der Waals surface area contributed by atoms with Crippen molar-refractivity contribution in [3.8, 4) is 0 Å². The smallest absolute Gasteiger partial charge is 0.231 e. The quantitative estimate of drug-likeness (QED) is 0.621. The van der Waals surface area contributed by atoms with Gasteiger partial charge < -0.3 is 15.5 Å². The molecule has 2 aromatic carbocycles. The number of rotatable bonds is 4. The van der Waals surface area contributed by atoms with Crippen molar-refractivity contribution in [1.82, 2.24) is 15.3 Å². The minimum Gasteiger partial charge on any atom is -0.358 e. The summed E-state index contributed by atoms with van der Waals surface area (Å²) >= 11 is 11.3. The summed E-state index contributed by atoms with van der Waals surface area (Å²) < 4.78 is 0. The molecule has 0 radical (unpaired) electrons. The highest BCUT2D eigenvalue weighted by Crippen LogP contribution is 2.27. The van der Waals surface area contributed by atoms with E-state index in [1.807, 2.05) is 37.3 Å². The van der Waals surface area contributed by atoms with Crippen LogP contribution in [0.5, 0.6) is 0 Å². The van der Waals surface area contributed by atoms with Crippen LogP contribution in [0.25, 0.3) is 0 Å². The van der Waals surface area contributed by atoms with E-state index in [0.29, 0.717) is 22.6 Å². The lowest BCUT2D eigenvalue weighted by molar-refractivity contribution is 0.849. The van der Waals surface area contributed by atoms with Crippen LogP contribution < -0.4 is 15.5 Å². The molecule has 1 aromatic heterocycles. The van der Waals surface area contributed by atoms with Gasteiger partial charge in [0.05, 0.1) is 0 Å². The van der Waals surface area contributed by atoms with Crippen molar-refractivity contribution < 1.29 is 0 Å². The summed E-state index contributed by atoms with van der Waals surface area (Å²) in [5, 5.41) is 7.47. The zero-order valence-corrected chi connectivity index (χ0v) is 17.0. The predicted molar refractivity (Wildman–Crippen MR) is 118 cm³/mol. The maximum absolute atomic E-state index is 5.92. The first-order valence-corrected chi connectivity index (χ1v) is 9.82. The van der Waals surface area contributed by atoms with Crippen LogP contribution in [0, 0.1) is 6.92 Å². The van der Waals surface area contributed by atoms with Gasteiger partial charge in [-0.25, -0.2) is 4.98 Å². The van der Waals surface area contributed by atoms with Gasteiger partial charge in [0.2, 0.25) is 5.95 Å². The number of aryl methyl sites for hydroxylation is 1. The second-order valence-corrected chi connectivity index (χ2v) is 7.59. The first-order valence-electron chi connectivity index (χ1n) is 9.03. The van der Waals surface area contributed by atoms with Crippen LogP contribution in [0.4, 0.5) is 11.8 Å². The molecule has 2 heterocycles. The van der Waals surface area contributed by atoms with E-state index in [1.54, 1.807) is 0 Å². The molecule has 0 saturated carbocycles. The Bertz CT molecular complexity index is 981. The minimum absolute atomic E-state index is 0.483. The average Bonchev–Trinajstić information content (AvgIpc) is 3.11. The van der Waals surface area contributed by atoms with Gasteiger partial charge in [-0.1, -0.05) is 48.0 Å². The second-order valence-electron chi connectivity index (χ2n) is 6.75. The Labute approximate surface area is 174 Å². The SMILES string of the molecule is Cc1cc(N2Cc3ccccc3C2)nc(NC(=S)NCc2ccc(Cl)cc2)n1. The summed E-state index contributed by atoms with van der Waals surface area (Å²) in [7, 11) is 0. The topological polar surface area (TPSA) is 53.1 Å². The summed E-state index contributed by atoms with van der Waals surface area (Å²) in [5.41, 5.74) is 4.67. The zero-order chi connectivity index (χ0) is 19.5. The molecule has 0 aliphatic carbocycles. The third-order valence-electron chi connectivity index (χ3n) is 4.60.